The predicted molar refractivity (Wildman–Crippen MR) is 99.2 cm³/mol. The van der Waals surface area contributed by atoms with Gasteiger partial charge >= 0.3 is 0 Å². The molecule has 6 nitrogen and oxygen atoms in total. The van der Waals surface area contributed by atoms with Gasteiger partial charge in [0.2, 0.25) is 11.8 Å². The van der Waals surface area contributed by atoms with Gasteiger partial charge in [-0.2, -0.15) is 0 Å². The van der Waals surface area contributed by atoms with Crippen LogP contribution >= 0.6 is 0 Å². The molecule has 0 saturated carbocycles. The van der Waals surface area contributed by atoms with Gasteiger partial charge in [0.05, 0.1) is 11.2 Å². The van der Waals surface area contributed by atoms with Crippen LogP contribution in [-0.2, 0) is 14.4 Å². The van der Waals surface area contributed by atoms with Gasteiger partial charge in [-0.1, -0.05) is 24.3 Å². The smallest absolute Gasteiger partial charge is 0.259 e. The molecule has 1 aromatic carbocycles. The molecule has 1 aromatic rings. The van der Waals surface area contributed by atoms with Crippen LogP contribution in [0.1, 0.15) is 30.9 Å². The van der Waals surface area contributed by atoms with Crippen LogP contribution in [0.4, 0.5) is 5.69 Å². The Labute approximate surface area is 152 Å². The summed E-state index contributed by atoms with van der Waals surface area (Å²) >= 11 is 0. The van der Waals surface area contributed by atoms with E-state index in [-0.39, 0.29) is 18.2 Å². The van der Waals surface area contributed by atoms with E-state index in [1.54, 1.807) is 4.90 Å². The van der Waals surface area contributed by atoms with Crippen molar-refractivity contribution in [1.82, 2.24) is 10.2 Å². The first-order valence-corrected chi connectivity index (χ1v) is 8.72. The molecule has 134 valence electrons. The highest BCUT2D eigenvalue weighted by molar-refractivity contribution is 6.35. The van der Waals surface area contributed by atoms with Gasteiger partial charge in [0, 0.05) is 17.6 Å². The monoisotopic (exact) mass is 351 g/mol. The highest BCUT2D eigenvalue weighted by Crippen LogP contribution is 2.44. The van der Waals surface area contributed by atoms with E-state index in [1.165, 1.54) is 0 Å². The van der Waals surface area contributed by atoms with Gasteiger partial charge in [-0.05, 0) is 45.1 Å². The summed E-state index contributed by atoms with van der Waals surface area (Å²) in [4.78, 5) is 40.8. The molecule has 0 bridgehead atoms. The number of hydrogen-bond donors (Lipinski definition) is 1. The molecular formula is C20H21N3O3. The molecule has 6 heteroatoms. The van der Waals surface area contributed by atoms with E-state index in [0.29, 0.717) is 12.0 Å². The minimum absolute atomic E-state index is 0.182. The molecule has 2 heterocycles. The minimum atomic E-state index is -0.658. The number of nitrogens with zero attached hydrogens (tertiary/aromatic N) is 2. The summed E-state index contributed by atoms with van der Waals surface area (Å²) < 4.78 is 0. The molecule has 0 spiro atoms. The van der Waals surface area contributed by atoms with E-state index >= 15 is 0 Å². The van der Waals surface area contributed by atoms with Crippen LogP contribution in [0.3, 0.4) is 0 Å². The Morgan fingerprint density at radius 3 is 2.69 bits per heavy atom. The average molecular weight is 351 g/mol. The Hall–Kier alpha value is -2.73. The van der Waals surface area contributed by atoms with Crippen LogP contribution in [0.25, 0.3) is 11.6 Å². The highest BCUT2D eigenvalue weighted by atomic mass is 16.2. The first kappa shape index (κ1) is 16.7. The van der Waals surface area contributed by atoms with Crippen molar-refractivity contribution < 1.29 is 14.4 Å². The molecule has 1 N–H and O–H groups in total. The molecule has 1 saturated heterocycles. The Kier molecular flexibility index (Phi) is 3.63. The second kappa shape index (κ2) is 5.64. The summed E-state index contributed by atoms with van der Waals surface area (Å²) in [5.74, 6) is -0.874. The minimum Gasteiger partial charge on any atom is -0.297 e. The van der Waals surface area contributed by atoms with Crippen molar-refractivity contribution in [1.29, 1.82) is 0 Å². The zero-order valence-corrected chi connectivity index (χ0v) is 15.1. The van der Waals surface area contributed by atoms with Crippen LogP contribution < -0.4 is 10.2 Å². The lowest BCUT2D eigenvalue weighted by Gasteiger charge is -2.32. The number of carbonyl (C=O) groups is 3. The number of amides is 3. The number of carbonyl (C=O) groups excluding carboxylic acids is 3. The summed E-state index contributed by atoms with van der Waals surface area (Å²) in [5.41, 5.74) is 2.76. The molecule has 1 aliphatic carbocycles. The van der Waals surface area contributed by atoms with Crippen LogP contribution in [0.2, 0.25) is 0 Å². The first-order valence-electron chi connectivity index (χ1n) is 8.72. The molecule has 4 rings (SSSR count). The zero-order valence-electron chi connectivity index (χ0n) is 15.1. The summed E-state index contributed by atoms with van der Waals surface area (Å²) in [5, 5.41) is 2.35. The lowest BCUT2D eigenvalue weighted by atomic mass is 9.96. The fourth-order valence-electron chi connectivity index (χ4n) is 3.79. The van der Waals surface area contributed by atoms with Crippen LogP contribution in [0, 0.1) is 0 Å². The van der Waals surface area contributed by atoms with Crippen molar-refractivity contribution in [3.8, 4) is 0 Å². The van der Waals surface area contributed by atoms with Crippen LogP contribution in [0.15, 0.2) is 30.4 Å². The third-order valence-corrected chi connectivity index (χ3v) is 5.58. The van der Waals surface area contributed by atoms with Crippen LogP contribution in [0.5, 0.6) is 0 Å². The van der Waals surface area contributed by atoms with Gasteiger partial charge in [0.1, 0.15) is 6.04 Å². The second-order valence-corrected chi connectivity index (χ2v) is 7.40. The molecular weight excluding hydrogens is 330 g/mol. The Bertz CT molecular complexity index is 900. The van der Waals surface area contributed by atoms with Crippen molar-refractivity contribution in [2.75, 3.05) is 19.0 Å². The third kappa shape index (κ3) is 2.33. The molecule has 26 heavy (non-hydrogen) atoms. The topological polar surface area (TPSA) is 69.7 Å². The summed E-state index contributed by atoms with van der Waals surface area (Å²) in [7, 11) is 3.94. The van der Waals surface area contributed by atoms with Crippen molar-refractivity contribution in [2.45, 2.75) is 31.3 Å². The fraction of sp³-hybridized carbons (Fsp3) is 0.350. The molecule has 0 aromatic heterocycles. The summed E-state index contributed by atoms with van der Waals surface area (Å²) in [6.07, 6.45) is 6.66. The van der Waals surface area contributed by atoms with Crippen molar-refractivity contribution >= 4 is 35.1 Å². The Balaban J connectivity index is 1.87. The molecule has 3 aliphatic rings. The number of piperidine rings is 1. The largest absolute Gasteiger partial charge is 0.297 e. The number of likely N-dealkylation sites (N-methyl/N-ethyl adjacent to an activating group) is 1. The SMILES string of the molecule is CN(C)C1(C)C=Cc2cccc3c2C(=C1)C(=O)N3C1CCC(=O)NC1=O. The Morgan fingerprint density at radius 1 is 1.23 bits per heavy atom. The van der Waals surface area contributed by atoms with E-state index in [1.807, 2.05) is 56.3 Å². The summed E-state index contributed by atoms with van der Waals surface area (Å²) in [6, 6.07) is 5.08. The van der Waals surface area contributed by atoms with Gasteiger partial charge < -0.3 is 0 Å². The quantitative estimate of drug-likeness (QED) is 0.821. The van der Waals surface area contributed by atoms with Gasteiger partial charge in [0.15, 0.2) is 0 Å². The maximum Gasteiger partial charge on any atom is 0.259 e. The van der Waals surface area contributed by atoms with E-state index in [2.05, 4.69) is 11.4 Å². The molecule has 2 atom stereocenters. The zero-order chi connectivity index (χ0) is 18.6. The predicted octanol–water partition coefficient (Wildman–Crippen LogP) is 1.57. The van der Waals surface area contributed by atoms with Crippen LogP contribution in [-0.4, -0.2) is 48.3 Å². The van der Waals surface area contributed by atoms with Gasteiger partial charge in [-0.25, -0.2) is 0 Å². The fourth-order valence-corrected chi connectivity index (χ4v) is 3.79. The first-order chi connectivity index (χ1) is 12.3. The normalized spacial score (nSPS) is 27.4. The standard InChI is InChI=1S/C20H21N3O3/c1-20(22(2)3)10-9-12-5-4-6-14-17(12)13(11-20)19(26)23(14)15-7-8-16(24)21-18(15)25/h4-6,9-11,15H,7-8H2,1-3H3,(H,21,24,25). The molecule has 2 aliphatic heterocycles. The highest BCUT2D eigenvalue weighted by Gasteiger charge is 2.44. The summed E-state index contributed by atoms with van der Waals surface area (Å²) in [6.45, 7) is 2.05. The second-order valence-electron chi connectivity index (χ2n) is 7.40. The van der Waals surface area contributed by atoms with E-state index in [0.717, 1.165) is 16.8 Å². The van der Waals surface area contributed by atoms with Gasteiger partial charge in [0.25, 0.3) is 5.91 Å². The van der Waals surface area contributed by atoms with Gasteiger partial charge in [-0.3, -0.25) is 29.5 Å². The number of hydrogen-bond acceptors (Lipinski definition) is 4. The van der Waals surface area contributed by atoms with Crippen molar-refractivity contribution in [3.63, 3.8) is 0 Å². The number of benzene rings is 1. The lowest BCUT2D eigenvalue weighted by Crippen LogP contribution is -2.53. The lowest BCUT2D eigenvalue weighted by molar-refractivity contribution is -0.135. The molecule has 3 amide bonds. The number of nitrogens with one attached hydrogen (secondary N) is 1. The van der Waals surface area contributed by atoms with E-state index < -0.39 is 17.5 Å². The van der Waals surface area contributed by atoms with Crippen molar-refractivity contribution in [2.24, 2.45) is 0 Å². The Morgan fingerprint density at radius 2 is 2.00 bits per heavy atom. The maximum absolute atomic E-state index is 13.3. The maximum atomic E-state index is 13.3. The molecule has 1 fully saturated rings. The number of imide groups is 1. The number of anilines is 1. The average Bonchev–Trinajstić information content (AvgIpc) is 2.75. The van der Waals surface area contributed by atoms with Crippen molar-refractivity contribution in [3.05, 3.63) is 41.5 Å². The van der Waals surface area contributed by atoms with E-state index in [4.69, 9.17) is 0 Å². The van der Waals surface area contributed by atoms with Gasteiger partial charge in [-0.15, -0.1) is 0 Å². The third-order valence-electron chi connectivity index (χ3n) is 5.58. The number of rotatable bonds is 2. The molecule has 0 radical (unpaired) electrons. The molecule has 2 unspecified atom stereocenters. The van der Waals surface area contributed by atoms with E-state index in [9.17, 15) is 14.4 Å².